The lowest BCUT2D eigenvalue weighted by molar-refractivity contribution is 0.0840. The van der Waals surface area contributed by atoms with Crippen LogP contribution in [0.25, 0.3) is 0 Å². The summed E-state index contributed by atoms with van der Waals surface area (Å²) in [6, 6.07) is 8.16. The van der Waals surface area contributed by atoms with Crippen molar-refractivity contribution in [1.82, 2.24) is 0 Å². The summed E-state index contributed by atoms with van der Waals surface area (Å²) in [5.41, 5.74) is -0.707. The van der Waals surface area contributed by atoms with Crippen LogP contribution in [0.15, 0.2) is 35.2 Å². The zero-order chi connectivity index (χ0) is 12.7. The number of hydrogen-bond acceptors (Lipinski definition) is 4. The van der Waals surface area contributed by atoms with Gasteiger partial charge in [-0.2, -0.15) is 0 Å². The average Bonchev–Trinajstić information content (AvgIpc) is 3.08. The molecule has 0 radical (unpaired) electrons. The van der Waals surface area contributed by atoms with Crippen molar-refractivity contribution in [3.8, 4) is 0 Å². The number of aliphatic hydroxyl groups is 1. The molecule has 1 N–H and O–H groups in total. The van der Waals surface area contributed by atoms with Crippen molar-refractivity contribution in [2.24, 2.45) is 0 Å². The normalized spacial score (nSPS) is 27.5. The molecule has 0 bridgehead atoms. The lowest BCUT2D eigenvalue weighted by atomic mass is 10.0. The van der Waals surface area contributed by atoms with Crippen LogP contribution in [0.3, 0.4) is 0 Å². The first kappa shape index (κ1) is 12.5. The Morgan fingerprint density at radius 1 is 1.35 bits per heavy atom. The molecule has 1 saturated heterocycles. The van der Waals surface area contributed by atoms with E-state index in [2.05, 4.69) is 0 Å². The molecule has 17 heavy (non-hydrogen) atoms. The van der Waals surface area contributed by atoms with E-state index in [4.69, 9.17) is 4.74 Å². The summed E-state index contributed by atoms with van der Waals surface area (Å²) in [6.45, 7) is 3.64. The fourth-order valence-corrected chi connectivity index (χ4v) is 3.37. The number of hydrogen-bond donors (Lipinski definition) is 1. The van der Waals surface area contributed by atoms with E-state index in [-0.39, 0.29) is 4.90 Å². The van der Waals surface area contributed by atoms with Crippen molar-refractivity contribution in [1.29, 1.82) is 0 Å². The highest BCUT2D eigenvalue weighted by atomic mass is 32.2. The van der Waals surface area contributed by atoms with Crippen LogP contribution in [0, 0.1) is 0 Å². The van der Waals surface area contributed by atoms with Gasteiger partial charge in [-0.1, -0.05) is 18.2 Å². The lowest BCUT2D eigenvalue weighted by Crippen LogP contribution is -2.41. The molecule has 1 aromatic carbocycles. The minimum absolute atomic E-state index is 0.232. The second-order valence-corrected chi connectivity index (χ2v) is 6.91. The first-order chi connectivity index (χ1) is 7.88. The third kappa shape index (κ3) is 2.22. The second kappa shape index (κ2) is 4.08. The molecule has 0 aliphatic carbocycles. The number of rotatable bonds is 4. The van der Waals surface area contributed by atoms with Crippen LogP contribution < -0.4 is 0 Å². The van der Waals surface area contributed by atoms with E-state index in [1.807, 2.05) is 0 Å². The molecule has 0 aromatic heterocycles. The van der Waals surface area contributed by atoms with E-state index in [9.17, 15) is 13.5 Å². The van der Waals surface area contributed by atoms with Crippen LogP contribution >= 0.6 is 0 Å². The van der Waals surface area contributed by atoms with Gasteiger partial charge in [0.15, 0.2) is 9.84 Å². The van der Waals surface area contributed by atoms with Crippen LogP contribution in [0.5, 0.6) is 0 Å². The fraction of sp³-hybridized carbons (Fsp3) is 0.500. The van der Waals surface area contributed by atoms with Gasteiger partial charge >= 0.3 is 0 Å². The Morgan fingerprint density at radius 2 is 1.88 bits per heavy atom. The molecule has 1 aliphatic heterocycles. The Hall–Kier alpha value is -0.910. The monoisotopic (exact) mass is 256 g/mol. The van der Waals surface area contributed by atoms with E-state index in [1.165, 1.54) is 19.1 Å². The second-order valence-electron chi connectivity index (χ2n) is 4.61. The maximum absolute atomic E-state index is 12.2. The Labute approximate surface area is 101 Å². The van der Waals surface area contributed by atoms with E-state index in [1.54, 1.807) is 25.1 Å². The molecule has 3 atom stereocenters. The number of aliphatic hydroxyl groups excluding tert-OH is 1. The standard InChI is InChI=1S/C12H16O4S/c1-9(11(13)12(2)8-16-12)17(14,15)10-6-4-3-5-7-10/h3-7,9,11,13H,8H2,1-2H3/t9-,11-,12-/m0/s1. The molecule has 2 rings (SSSR count). The zero-order valence-corrected chi connectivity index (χ0v) is 10.6. The van der Waals surface area contributed by atoms with Gasteiger partial charge in [-0.05, 0) is 26.0 Å². The van der Waals surface area contributed by atoms with Crippen molar-refractivity contribution in [3.05, 3.63) is 30.3 Å². The third-order valence-electron chi connectivity index (χ3n) is 3.23. The summed E-state index contributed by atoms with van der Waals surface area (Å²) >= 11 is 0. The van der Waals surface area contributed by atoms with E-state index >= 15 is 0 Å². The molecule has 0 unspecified atom stereocenters. The molecule has 0 spiro atoms. The van der Waals surface area contributed by atoms with Gasteiger partial charge in [-0.25, -0.2) is 8.42 Å². The Balaban J connectivity index is 2.27. The third-order valence-corrected chi connectivity index (χ3v) is 5.40. The number of ether oxygens (including phenoxy) is 1. The quantitative estimate of drug-likeness (QED) is 0.816. The van der Waals surface area contributed by atoms with Gasteiger partial charge in [0.2, 0.25) is 0 Å². The summed E-state index contributed by atoms with van der Waals surface area (Å²) in [6.07, 6.45) is -1.01. The van der Waals surface area contributed by atoms with Crippen molar-refractivity contribution >= 4 is 9.84 Å². The average molecular weight is 256 g/mol. The van der Waals surface area contributed by atoms with Gasteiger partial charge in [0, 0.05) is 0 Å². The SMILES string of the molecule is C[C@@H]([C@H](O)[C@]1(C)CO1)S(=O)(=O)c1ccccc1. The lowest BCUT2D eigenvalue weighted by Gasteiger charge is -2.22. The van der Waals surface area contributed by atoms with Crippen molar-refractivity contribution < 1.29 is 18.3 Å². The minimum Gasteiger partial charge on any atom is -0.389 e. The van der Waals surface area contributed by atoms with Crippen molar-refractivity contribution in [2.75, 3.05) is 6.61 Å². The molecule has 1 heterocycles. The molecule has 94 valence electrons. The highest BCUT2D eigenvalue weighted by Gasteiger charge is 2.51. The van der Waals surface area contributed by atoms with Gasteiger partial charge in [0.25, 0.3) is 0 Å². The smallest absolute Gasteiger partial charge is 0.183 e. The van der Waals surface area contributed by atoms with Crippen LogP contribution in [0.1, 0.15) is 13.8 Å². The Kier molecular flexibility index (Phi) is 3.01. The minimum atomic E-state index is -3.51. The molecule has 5 heteroatoms. The molecule has 1 fully saturated rings. The van der Waals surface area contributed by atoms with Gasteiger partial charge in [0.1, 0.15) is 11.7 Å². The predicted octanol–water partition coefficient (Wildman–Crippen LogP) is 0.999. The van der Waals surface area contributed by atoms with Crippen molar-refractivity contribution in [3.63, 3.8) is 0 Å². The molecule has 4 nitrogen and oxygen atoms in total. The molecule has 0 amide bonds. The van der Waals surface area contributed by atoms with Crippen LogP contribution in [0.4, 0.5) is 0 Å². The van der Waals surface area contributed by atoms with E-state index in [0.717, 1.165) is 0 Å². The molecule has 1 aliphatic rings. The largest absolute Gasteiger partial charge is 0.389 e. The van der Waals surface area contributed by atoms with Crippen LogP contribution in [0.2, 0.25) is 0 Å². The molecule has 1 aromatic rings. The number of sulfone groups is 1. The van der Waals surface area contributed by atoms with Crippen molar-refractivity contribution in [2.45, 2.75) is 35.7 Å². The van der Waals surface area contributed by atoms with Gasteiger partial charge in [-0.15, -0.1) is 0 Å². The van der Waals surface area contributed by atoms with Gasteiger partial charge in [0.05, 0.1) is 16.8 Å². The fourth-order valence-electron chi connectivity index (χ4n) is 1.78. The Morgan fingerprint density at radius 3 is 2.35 bits per heavy atom. The topological polar surface area (TPSA) is 66.9 Å². The number of epoxide rings is 1. The molecular formula is C12H16O4S. The predicted molar refractivity (Wildman–Crippen MR) is 63.5 cm³/mol. The summed E-state index contributed by atoms with van der Waals surface area (Å²) in [4.78, 5) is 0.232. The summed E-state index contributed by atoms with van der Waals surface area (Å²) in [5, 5.41) is 9.13. The maximum atomic E-state index is 12.2. The summed E-state index contributed by atoms with van der Waals surface area (Å²) in [7, 11) is -3.51. The van der Waals surface area contributed by atoms with Gasteiger partial charge < -0.3 is 9.84 Å². The van der Waals surface area contributed by atoms with Gasteiger partial charge in [-0.3, -0.25) is 0 Å². The number of benzene rings is 1. The Bertz CT molecular complexity index is 490. The highest BCUT2D eigenvalue weighted by molar-refractivity contribution is 7.92. The maximum Gasteiger partial charge on any atom is 0.183 e. The van der Waals surface area contributed by atoms with E-state index < -0.39 is 26.8 Å². The molecule has 0 saturated carbocycles. The molecular weight excluding hydrogens is 240 g/mol. The summed E-state index contributed by atoms with van der Waals surface area (Å²) in [5.74, 6) is 0. The summed E-state index contributed by atoms with van der Waals surface area (Å²) < 4.78 is 29.6. The first-order valence-electron chi connectivity index (χ1n) is 5.49. The van der Waals surface area contributed by atoms with Crippen LogP contribution in [-0.4, -0.2) is 37.1 Å². The van der Waals surface area contributed by atoms with E-state index in [0.29, 0.717) is 6.61 Å². The zero-order valence-electron chi connectivity index (χ0n) is 9.83. The highest BCUT2D eigenvalue weighted by Crippen LogP contribution is 2.34. The van der Waals surface area contributed by atoms with Crippen LogP contribution in [-0.2, 0) is 14.6 Å². The first-order valence-corrected chi connectivity index (χ1v) is 7.03.